The SMILES string of the molecule is CCOC[C@@]1(Cn2cnc3cnccc32)CCN(C(C)(C)c2ccc(C)nc2)C1.O=C(O)CC(O)(CC(=O)O)C(=O)O. The van der Waals surface area contributed by atoms with E-state index < -0.39 is 36.4 Å². The van der Waals surface area contributed by atoms with Gasteiger partial charge in [0.1, 0.15) is 5.52 Å². The highest BCUT2D eigenvalue weighted by molar-refractivity contribution is 5.88. The molecule has 0 aromatic carbocycles. The van der Waals surface area contributed by atoms with E-state index in [0.29, 0.717) is 0 Å². The first-order chi connectivity index (χ1) is 19.7. The molecule has 4 heterocycles. The summed E-state index contributed by atoms with van der Waals surface area (Å²) in [7, 11) is 0. The minimum atomic E-state index is -2.74. The number of carboxylic acid groups (broad SMARTS) is 3. The quantitative estimate of drug-likeness (QED) is 0.243. The number of pyridine rings is 2. The average molecular weight is 586 g/mol. The van der Waals surface area contributed by atoms with Crippen molar-refractivity contribution < 1.29 is 39.5 Å². The molecule has 0 radical (unpaired) electrons. The van der Waals surface area contributed by atoms with Gasteiger partial charge in [-0.2, -0.15) is 0 Å². The van der Waals surface area contributed by atoms with Crippen molar-refractivity contribution in [2.75, 3.05) is 26.3 Å². The van der Waals surface area contributed by atoms with Crippen molar-refractivity contribution in [3.63, 3.8) is 0 Å². The minimum Gasteiger partial charge on any atom is -0.481 e. The van der Waals surface area contributed by atoms with Crippen LogP contribution in [-0.4, -0.2) is 94.7 Å². The lowest BCUT2D eigenvalue weighted by molar-refractivity contribution is -0.170. The molecule has 228 valence electrons. The Bertz CT molecular complexity index is 1370. The molecule has 4 rings (SSSR count). The standard InChI is InChI=1S/C23H31N5O.C6H8O7/c1-5-29-16-23(14-27-17-26-20-13-24-10-8-21(20)27)9-11-28(15-23)22(3,4)19-7-6-18(2)25-12-19;7-3(8)1-6(13,5(11)12)2-4(9)10/h6-8,10,12-13,17H,5,9,11,14-16H2,1-4H3;13H,1-2H2,(H,7,8)(H,9,10)(H,11,12)/t23-;/m1./s1. The van der Waals surface area contributed by atoms with E-state index in [4.69, 9.17) is 25.2 Å². The molecule has 0 bridgehead atoms. The van der Waals surface area contributed by atoms with Crippen LogP contribution in [0, 0.1) is 12.3 Å². The number of carbonyl (C=O) groups is 3. The Morgan fingerprint density at radius 2 is 1.74 bits per heavy atom. The number of aromatic nitrogens is 4. The molecule has 1 fully saturated rings. The second-order valence-electron chi connectivity index (χ2n) is 11.3. The van der Waals surface area contributed by atoms with Gasteiger partial charge in [0.05, 0.1) is 37.5 Å². The first-order valence-corrected chi connectivity index (χ1v) is 13.6. The van der Waals surface area contributed by atoms with Crippen LogP contribution >= 0.6 is 0 Å². The summed E-state index contributed by atoms with van der Waals surface area (Å²) in [6.07, 6.45) is 6.44. The van der Waals surface area contributed by atoms with Crippen LogP contribution in [0.15, 0.2) is 43.1 Å². The van der Waals surface area contributed by atoms with Crippen LogP contribution in [0.1, 0.15) is 51.3 Å². The molecule has 3 aromatic heterocycles. The lowest BCUT2D eigenvalue weighted by atomic mass is 9.87. The van der Waals surface area contributed by atoms with E-state index in [0.717, 1.165) is 56.0 Å². The average Bonchev–Trinajstić information content (AvgIpc) is 3.53. The highest BCUT2D eigenvalue weighted by atomic mass is 16.5. The summed E-state index contributed by atoms with van der Waals surface area (Å²) >= 11 is 0. The summed E-state index contributed by atoms with van der Waals surface area (Å²) < 4.78 is 8.24. The molecule has 0 unspecified atom stereocenters. The van der Waals surface area contributed by atoms with E-state index in [2.05, 4.69) is 57.3 Å². The van der Waals surface area contributed by atoms with Crippen molar-refractivity contribution in [2.24, 2.45) is 5.41 Å². The first kappa shape index (κ1) is 32.6. The number of carboxylic acids is 3. The van der Waals surface area contributed by atoms with Crippen molar-refractivity contribution in [1.29, 1.82) is 0 Å². The van der Waals surface area contributed by atoms with Gasteiger partial charge in [-0.05, 0) is 58.4 Å². The van der Waals surface area contributed by atoms with Gasteiger partial charge in [0.25, 0.3) is 0 Å². The number of fused-ring (bicyclic) bond motifs is 1. The zero-order chi connectivity index (χ0) is 31.1. The number of likely N-dealkylation sites (tertiary alicyclic amines) is 1. The van der Waals surface area contributed by atoms with E-state index in [1.807, 2.05) is 37.9 Å². The molecule has 0 amide bonds. The number of imidazole rings is 1. The van der Waals surface area contributed by atoms with Gasteiger partial charge in [0.15, 0.2) is 5.60 Å². The fraction of sp³-hybridized carbons (Fsp3) is 0.517. The second kappa shape index (κ2) is 13.4. The van der Waals surface area contributed by atoms with Gasteiger partial charge in [-0.15, -0.1) is 0 Å². The number of hydrogen-bond acceptors (Lipinski definition) is 9. The number of ether oxygens (including phenoxy) is 1. The van der Waals surface area contributed by atoms with Gasteiger partial charge >= 0.3 is 17.9 Å². The number of rotatable bonds is 12. The Labute approximate surface area is 243 Å². The van der Waals surface area contributed by atoms with Crippen LogP contribution in [0.2, 0.25) is 0 Å². The Hall–Kier alpha value is -3.94. The molecule has 1 atom stereocenters. The van der Waals surface area contributed by atoms with E-state index in [9.17, 15) is 14.4 Å². The lowest BCUT2D eigenvalue weighted by Gasteiger charge is -2.38. The minimum absolute atomic E-state index is 0.0578. The van der Waals surface area contributed by atoms with Crippen molar-refractivity contribution >= 4 is 28.9 Å². The summed E-state index contributed by atoms with van der Waals surface area (Å²) in [5, 5.41) is 33.8. The molecule has 13 nitrogen and oxygen atoms in total. The Balaban J connectivity index is 0.000000316. The largest absolute Gasteiger partial charge is 0.481 e. The predicted molar refractivity (Wildman–Crippen MR) is 152 cm³/mol. The van der Waals surface area contributed by atoms with E-state index in [1.54, 1.807) is 0 Å². The first-order valence-electron chi connectivity index (χ1n) is 13.6. The summed E-state index contributed by atoms with van der Waals surface area (Å²) in [5.41, 5.74) is 1.64. The van der Waals surface area contributed by atoms with Crippen LogP contribution in [0.3, 0.4) is 0 Å². The number of aliphatic carboxylic acids is 3. The molecule has 0 spiro atoms. The maximum absolute atomic E-state index is 10.3. The van der Waals surface area contributed by atoms with Crippen LogP contribution in [0.5, 0.6) is 0 Å². The number of aliphatic hydroxyl groups is 1. The third kappa shape index (κ3) is 7.87. The van der Waals surface area contributed by atoms with Crippen molar-refractivity contribution in [3.05, 3.63) is 54.4 Å². The van der Waals surface area contributed by atoms with Crippen LogP contribution in [0.4, 0.5) is 0 Å². The van der Waals surface area contributed by atoms with E-state index in [1.165, 1.54) is 5.56 Å². The van der Waals surface area contributed by atoms with Crippen molar-refractivity contribution in [3.8, 4) is 0 Å². The molecule has 1 saturated heterocycles. The number of hydrogen-bond donors (Lipinski definition) is 4. The fourth-order valence-corrected chi connectivity index (χ4v) is 5.15. The third-order valence-electron chi connectivity index (χ3n) is 7.67. The molecule has 1 aliphatic heterocycles. The van der Waals surface area contributed by atoms with Gasteiger partial charge < -0.3 is 29.7 Å². The molecule has 0 saturated carbocycles. The zero-order valence-electron chi connectivity index (χ0n) is 24.4. The molecule has 42 heavy (non-hydrogen) atoms. The van der Waals surface area contributed by atoms with Gasteiger partial charge in [-0.25, -0.2) is 9.78 Å². The van der Waals surface area contributed by atoms with Gasteiger partial charge in [0.2, 0.25) is 0 Å². The van der Waals surface area contributed by atoms with Crippen LogP contribution in [-0.2, 0) is 31.2 Å². The van der Waals surface area contributed by atoms with Gasteiger partial charge in [-0.3, -0.25) is 24.5 Å². The number of aryl methyl sites for hydroxylation is 1. The molecule has 13 heteroatoms. The third-order valence-corrected chi connectivity index (χ3v) is 7.67. The van der Waals surface area contributed by atoms with Gasteiger partial charge in [-0.1, -0.05) is 6.07 Å². The Morgan fingerprint density at radius 1 is 1.05 bits per heavy atom. The zero-order valence-corrected chi connectivity index (χ0v) is 24.4. The molecule has 0 aliphatic carbocycles. The maximum atomic E-state index is 10.3. The summed E-state index contributed by atoms with van der Waals surface area (Å²) in [6, 6.07) is 6.36. The molecular formula is C29H39N5O8. The van der Waals surface area contributed by atoms with Crippen molar-refractivity contribution in [1.82, 2.24) is 24.4 Å². The Kier molecular flexibility index (Phi) is 10.4. The topological polar surface area (TPSA) is 188 Å². The fourth-order valence-electron chi connectivity index (χ4n) is 5.15. The summed E-state index contributed by atoms with van der Waals surface area (Å²) in [5.74, 6) is -5.02. The van der Waals surface area contributed by atoms with E-state index >= 15 is 0 Å². The Morgan fingerprint density at radius 3 is 2.31 bits per heavy atom. The maximum Gasteiger partial charge on any atom is 0.336 e. The second-order valence-corrected chi connectivity index (χ2v) is 11.3. The predicted octanol–water partition coefficient (Wildman–Crippen LogP) is 2.55. The van der Waals surface area contributed by atoms with Gasteiger partial charge in [0, 0.05) is 48.7 Å². The highest BCUT2D eigenvalue weighted by Crippen LogP contribution is 2.40. The smallest absolute Gasteiger partial charge is 0.336 e. The summed E-state index contributed by atoms with van der Waals surface area (Å²) in [6.45, 7) is 13.1. The normalized spacial score (nSPS) is 17.5. The molecule has 3 aromatic rings. The summed E-state index contributed by atoms with van der Waals surface area (Å²) in [4.78, 5) is 46.3. The highest BCUT2D eigenvalue weighted by Gasteiger charge is 2.44. The van der Waals surface area contributed by atoms with Crippen LogP contribution in [0.25, 0.3) is 11.0 Å². The number of nitrogens with zero attached hydrogens (tertiary/aromatic N) is 5. The molecule has 4 N–H and O–H groups in total. The van der Waals surface area contributed by atoms with Crippen LogP contribution < -0.4 is 0 Å². The molecule has 1 aliphatic rings. The lowest BCUT2D eigenvalue weighted by Crippen LogP contribution is -2.43. The molecular weight excluding hydrogens is 546 g/mol. The van der Waals surface area contributed by atoms with E-state index in [-0.39, 0.29) is 11.0 Å². The van der Waals surface area contributed by atoms with Crippen molar-refractivity contribution in [2.45, 2.75) is 64.6 Å². The monoisotopic (exact) mass is 585 g/mol.